The summed E-state index contributed by atoms with van der Waals surface area (Å²) in [6.45, 7) is 1.18. The van der Waals surface area contributed by atoms with E-state index in [9.17, 15) is 12.6 Å². The first-order valence-corrected chi connectivity index (χ1v) is 5.97. The summed E-state index contributed by atoms with van der Waals surface area (Å²) in [6.07, 6.45) is -0.726. The lowest BCUT2D eigenvalue weighted by Gasteiger charge is -2.06. The lowest BCUT2D eigenvalue weighted by atomic mass is 10.5. The Labute approximate surface area is 70.6 Å². The highest BCUT2D eigenvalue weighted by Gasteiger charge is 2.23. The van der Waals surface area contributed by atoms with Crippen molar-refractivity contribution in [1.82, 2.24) is 0 Å². The standard InChI is InChI=1S/C4H8O6S2/c1-4-2-9-11(5,6)3-12(7,8)10-4/h3-4H,2H2,1H3,(H,7,8). The molecule has 12 heavy (non-hydrogen) atoms. The first-order chi connectivity index (χ1) is 5.31. The first kappa shape index (κ1) is 9.93. The quantitative estimate of drug-likeness (QED) is 0.420. The van der Waals surface area contributed by atoms with Crippen LogP contribution in [0.25, 0.3) is 0 Å². The largest absolute Gasteiger partial charge is 0.302 e. The Hall–Kier alpha value is -0.150. The Morgan fingerprint density at radius 1 is 1.50 bits per heavy atom. The summed E-state index contributed by atoms with van der Waals surface area (Å²) < 4.78 is 50.1. The second-order valence-corrected chi connectivity index (χ2v) is 5.51. The highest BCUT2D eigenvalue weighted by molar-refractivity contribution is 8.15. The lowest BCUT2D eigenvalue weighted by Crippen LogP contribution is -2.16. The van der Waals surface area contributed by atoms with Gasteiger partial charge in [0.05, 0.1) is 12.7 Å². The predicted molar refractivity (Wildman–Crippen MR) is 42.3 cm³/mol. The number of rotatable bonds is 0. The summed E-state index contributed by atoms with van der Waals surface area (Å²) >= 11 is 0. The maximum absolute atomic E-state index is 10.9. The molecule has 1 N–H and O–H groups in total. The zero-order valence-electron chi connectivity index (χ0n) is 6.17. The first-order valence-electron chi connectivity index (χ1n) is 3.00. The molecule has 0 saturated heterocycles. The molecule has 6 nitrogen and oxygen atoms in total. The maximum atomic E-state index is 10.9. The maximum Gasteiger partial charge on any atom is 0.302 e. The van der Waals surface area contributed by atoms with Crippen molar-refractivity contribution < 1.29 is 25.5 Å². The second kappa shape index (κ2) is 2.96. The molecule has 0 amide bonds. The van der Waals surface area contributed by atoms with Crippen LogP contribution in [0.3, 0.4) is 0 Å². The second-order valence-electron chi connectivity index (χ2n) is 2.30. The molecule has 8 heteroatoms. The number of hydrogen-bond acceptors (Lipinski definition) is 5. The van der Waals surface area contributed by atoms with E-state index in [0.717, 1.165) is 0 Å². The molecule has 0 aromatic heterocycles. The summed E-state index contributed by atoms with van der Waals surface area (Å²) in [6, 6.07) is 0. The van der Waals surface area contributed by atoms with Crippen LogP contribution < -0.4 is 0 Å². The van der Waals surface area contributed by atoms with Crippen molar-refractivity contribution in [3.8, 4) is 0 Å². The van der Waals surface area contributed by atoms with Crippen LogP contribution in [0.1, 0.15) is 6.92 Å². The third-order valence-corrected chi connectivity index (χ3v) is 3.99. The van der Waals surface area contributed by atoms with Gasteiger partial charge in [0.2, 0.25) is 10.1 Å². The van der Waals surface area contributed by atoms with Crippen LogP contribution >= 0.6 is 0 Å². The molecule has 0 radical (unpaired) electrons. The van der Waals surface area contributed by atoms with Gasteiger partial charge in [-0.1, -0.05) is 0 Å². The smallest absolute Gasteiger partial charge is 0.293 e. The van der Waals surface area contributed by atoms with E-state index in [2.05, 4.69) is 8.37 Å². The molecule has 1 rings (SSSR count). The Morgan fingerprint density at radius 2 is 2.08 bits per heavy atom. The Kier molecular flexibility index (Phi) is 2.45. The van der Waals surface area contributed by atoms with Crippen LogP contribution in [0.2, 0.25) is 0 Å². The molecule has 0 aromatic rings. The van der Waals surface area contributed by atoms with Crippen molar-refractivity contribution in [3.05, 3.63) is 0 Å². The molecular formula is C4H8O6S2. The minimum absolute atomic E-state index is 0.170. The van der Waals surface area contributed by atoms with E-state index < -0.39 is 26.3 Å². The molecule has 0 aromatic carbocycles. The summed E-state index contributed by atoms with van der Waals surface area (Å²) in [4.78, 5) is 0. The van der Waals surface area contributed by atoms with E-state index in [1.54, 1.807) is 0 Å². The molecule has 2 unspecified atom stereocenters. The van der Waals surface area contributed by atoms with Crippen LogP contribution in [-0.2, 0) is 28.6 Å². The van der Waals surface area contributed by atoms with Gasteiger partial charge in [-0.3, -0.25) is 12.9 Å². The summed E-state index contributed by atoms with van der Waals surface area (Å²) in [5, 5.41) is 0. The van der Waals surface area contributed by atoms with E-state index in [4.69, 9.17) is 4.55 Å². The number of hydrogen-bond donors (Lipinski definition) is 1. The van der Waals surface area contributed by atoms with E-state index >= 15 is 0 Å². The Morgan fingerprint density at radius 3 is 2.67 bits per heavy atom. The van der Waals surface area contributed by atoms with Crippen molar-refractivity contribution in [2.24, 2.45) is 0 Å². The van der Waals surface area contributed by atoms with E-state index in [-0.39, 0.29) is 11.3 Å². The van der Waals surface area contributed by atoms with Crippen LogP contribution in [0.15, 0.2) is 0 Å². The topological polar surface area (TPSA) is 89.9 Å². The molecule has 1 aliphatic rings. The molecule has 0 bridgehead atoms. The highest BCUT2D eigenvalue weighted by Crippen LogP contribution is 2.07. The molecule has 1 heterocycles. The third-order valence-electron chi connectivity index (χ3n) is 1.01. The minimum atomic E-state index is -4.04. The van der Waals surface area contributed by atoms with Crippen molar-refractivity contribution in [1.29, 1.82) is 0 Å². The van der Waals surface area contributed by atoms with Crippen molar-refractivity contribution >= 4 is 24.9 Å². The summed E-state index contributed by atoms with van der Waals surface area (Å²) in [7, 11) is -7.90. The molecule has 0 aliphatic carbocycles. The third kappa shape index (κ3) is 2.72. The molecule has 0 spiro atoms. The van der Waals surface area contributed by atoms with Gasteiger partial charge in [0.1, 0.15) is 0 Å². The molecule has 2 atom stereocenters. The van der Waals surface area contributed by atoms with Gasteiger partial charge < -0.3 is 0 Å². The molecular weight excluding hydrogens is 208 g/mol. The normalized spacial score (nSPS) is 41.3. The van der Waals surface area contributed by atoms with Gasteiger partial charge in [0, 0.05) is 0 Å². The Balaban J connectivity index is 3.16. The van der Waals surface area contributed by atoms with Gasteiger partial charge in [-0.25, -0.2) is 4.21 Å². The lowest BCUT2D eigenvalue weighted by molar-refractivity contribution is 0.153. The van der Waals surface area contributed by atoms with Crippen molar-refractivity contribution in [2.45, 2.75) is 13.0 Å². The zero-order valence-corrected chi connectivity index (χ0v) is 7.80. The van der Waals surface area contributed by atoms with Crippen LogP contribution in [0.4, 0.5) is 0 Å². The van der Waals surface area contributed by atoms with Crippen LogP contribution in [0, 0.1) is 0 Å². The molecule has 1 aliphatic heterocycles. The molecule has 0 fully saturated rings. The van der Waals surface area contributed by atoms with Gasteiger partial charge >= 0.3 is 10.1 Å². The fraction of sp³-hybridized carbons (Fsp3) is 0.750. The van der Waals surface area contributed by atoms with Crippen molar-refractivity contribution in [2.75, 3.05) is 6.61 Å². The summed E-state index contributed by atoms with van der Waals surface area (Å²) in [5.41, 5.74) is 0. The molecule has 0 saturated carbocycles. The SMILES string of the molecule is CC1COS(=O)(=O)C=S(=O)(O)O1. The molecule has 72 valence electrons. The van der Waals surface area contributed by atoms with E-state index in [1.807, 2.05) is 0 Å². The van der Waals surface area contributed by atoms with Gasteiger partial charge in [-0.15, -0.1) is 0 Å². The van der Waals surface area contributed by atoms with Gasteiger partial charge in [-0.2, -0.15) is 8.42 Å². The van der Waals surface area contributed by atoms with Crippen molar-refractivity contribution in [3.63, 3.8) is 0 Å². The minimum Gasteiger partial charge on any atom is -0.293 e. The Bertz CT molecular complexity index is 372. The van der Waals surface area contributed by atoms with Gasteiger partial charge in [0.25, 0.3) is 0 Å². The van der Waals surface area contributed by atoms with E-state index in [1.165, 1.54) is 6.92 Å². The monoisotopic (exact) mass is 216 g/mol. The van der Waals surface area contributed by atoms with Crippen LogP contribution in [-0.4, -0.2) is 34.6 Å². The average molecular weight is 216 g/mol. The zero-order chi connectivity index (χ0) is 9.41. The average Bonchev–Trinajstić information content (AvgIpc) is 1.86. The fourth-order valence-electron chi connectivity index (χ4n) is 0.653. The van der Waals surface area contributed by atoms with Gasteiger partial charge in [0.15, 0.2) is 4.70 Å². The predicted octanol–water partition coefficient (Wildman–Crippen LogP) is -0.816. The van der Waals surface area contributed by atoms with E-state index in [0.29, 0.717) is 0 Å². The summed E-state index contributed by atoms with van der Waals surface area (Å²) in [5.74, 6) is 0. The highest BCUT2D eigenvalue weighted by atomic mass is 32.3. The fourth-order valence-corrected chi connectivity index (χ4v) is 3.16. The van der Waals surface area contributed by atoms with Crippen LogP contribution in [0.5, 0.6) is 0 Å². The van der Waals surface area contributed by atoms with Gasteiger partial charge in [-0.05, 0) is 6.92 Å².